The molecule has 1 fully saturated rings. The minimum Gasteiger partial charge on any atom is -0.453 e. The molecule has 2 rings (SSSR count). The lowest BCUT2D eigenvalue weighted by molar-refractivity contribution is 0.163. The Kier molecular flexibility index (Phi) is 4.31. The maximum absolute atomic E-state index is 5.71. The molecule has 2 nitrogen and oxygen atoms in total. The van der Waals surface area contributed by atoms with E-state index in [4.69, 9.17) is 4.42 Å². The fraction of sp³-hybridized carbons (Fsp3) is 0.714. The van der Waals surface area contributed by atoms with Gasteiger partial charge in [0.05, 0.1) is 6.04 Å². The predicted octanol–water partition coefficient (Wildman–Crippen LogP) is 4.37. The SMILES string of the molecule is CNC(c1ccc(Br)o1)C1CCC(C)C(C)C1. The standard InChI is InChI=1S/C14H22BrNO/c1-9-4-5-11(8-10(9)2)14(16-3)12-6-7-13(15)17-12/h6-7,9-11,14,16H,4-5,8H2,1-3H3. The topological polar surface area (TPSA) is 25.2 Å². The smallest absolute Gasteiger partial charge is 0.169 e. The van der Waals surface area contributed by atoms with Crippen LogP contribution in [0.3, 0.4) is 0 Å². The molecule has 4 atom stereocenters. The summed E-state index contributed by atoms with van der Waals surface area (Å²) in [7, 11) is 2.03. The number of nitrogens with one attached hydrogen (secondary N) is 1. The lowest BCUT2D eigenvalue weighted by Gasteiger charge is -2.35. The van der Waals surface area contributed by atoms with Crippen LogP contribution in [-0.2, 0) is 0 Å². The summed E-state index contributed by atoms with van der Waals surface area (Å²) in [6, 6.07) is 4.42. The van der Waals surface area contributed by atoms with E-state index in [0.717, 1.165) is 22.3 Å². The molecule has 0 aliphatic heterocycles. The fourth-order valence-electron chi connectivity index (χ4n) is 3.00. The van der Waals surface area contributed by atoms with Crippen molar-refractivity contribution in [2.24, 2.45) is 17.8 Å². The van der Waals surface area contributed by atoms with Crippen molar-refractivity contribution in [1.82, 2.24) is 5.32 Å². The molecule has 1 N–H and O–H groups in total. The number of halogens is 1. The highest BCUT2D eigenvalue weighted by Gasteiger charge is 2.31. The van der Waals surface area contributed by atoms with Crippen molar-refractivity contribution in [2.45, 2.75) is 39.2 Å². The number of rotatable bonds is 3. The molecule has 4 unspecified atom stereocenters. The molecule has 3 heteroatoms. The number of hydrogen-bond acceptors (Lipinski definition) is 2. The third-order valence-electron chi connectivity index (χ3n) is 4.32. The van der Waals surface area contributed by atoms with E-state index >= 15 is 0 Å². The lowest BCUT2D eigenvalue weighted by Crippen LogP contribution is -2.31. The molecule has 1 aromatic rings. The van der Waals surface area contributed by atoms with E-state index < -0.39 is 0 Å². The van der Waals surface area contributed by atoms with Gasteiger partial charge in [-0.3, -0.25) is 0 Å². The van der Waals surface area contributed by atoms with Gasteiger partial charge in [-0.1, -0.05) is 20.3 Å². The second-order valence-electron chi connectivity index (χ2n) is 5.44. The predicted molar refractivity (Wildman–Crippen MR) is 73.9 cm³/mol. The zero-order chi connectivity index (χ0) is 12.4. The van der Waals surface area contributed by atoms with Gasteiger partial charge in [-0.05, 0) is 65.7 Å². The summed E-state index contributed by atoms with van der Waals surface area (Å²) in [6.07, 6.45) is 3.94. The van der Waals surface area contributed by atoms with Crippen LogP contribution in [0.25, 0.3) is 0 Å². The van der Waals surface area contributed by atoms with Gasteiger partial charge in [0.15, 0.2) is 4.67 Å². The highest BCUT2D eigenvalue weighted by atomic mass is 79.9. The van der Waals surface area contributed by atoms with Crippen molar-refractivity contribution in [3.8, 4) is 0 Å². The van der Waals surface area contributed by atoms with Crippen molar-refractivity contribution in [1.29, 1.82) is 0 Å². The van der Waals surface area contributed by atoms with Gasteiger partial charge in [-0.25, -0.2) is 0 Å². The van der Waals surface area contributed by atoms with Gasteiger partial charge >= 0.3 is 0 Å². The van der Waals surface area contributed by atoms with Gasteiger partial charge in [-0.2, -0.15) is 0 Å². The van der Waals surface area contributed by atoms with Crippen LogP contribution in [0.15, 0.2) is 21.2 Å². The first-order chi connectivity index (χ1) is 8.11. The van der Waals surface area contributed by atoms with E-state index in [2.05, 4.69) is 41.2 Å². The molecule has 17 heavy (non-hydrogen) atoms. The number of furan rings is 1. The van der Waals surface area contributed by atoms with Crippen molar-refractivity contribution in [3.05, 3.63) is 22.6 Å². The summed E-state index contributed by atoms with van der Waals surface area (Å²) in [5.74, 6) is 3.45. The number of hydrogen-bond donors (Lipinski definition) is 1. The van der Waals surface area contributed by atoms with Crippen LogP contribution >= 0.6 is 15.9 Å². The van der Waals surface area contributed by atoms with E-state index in [1.165, 1.54) is 19.3 Å². The monoisotopic (exact) mass is 299 g/mol. The first-order valence-electron chi connectivity index (χ1n) is 6.54. The van der Waals surface area contributed by atoms with Gasteiger partial charge in [0.2, 0.25) is 0 Å². The Morgan fingerprint density at radius 2 is 2.06 bits per heavy atom. The molecule has 1 aliphatic carbocycles. The van der Waals surface area contributed by atoms with Crippen molar-refractivity contribution < 1.29 is 4.42 Å². The quantitative estimate of drug-likeness (QED) is 0.896. The minimum absolute atomic E-state index is 0.358. The van der Waals surface area contributed by atoms with Crippen LogP contribution in [0.5, 0.6) is 0 Å². The zero-order valence-electron chi connectivity index (χ0n) is 10.9. The van der Waals surface area contributed by atoms with E-state index in [1.54, 1.807) is 0 Å². The Bertz CT molecular complexity index is 363. The molecule has 1 aromatic heterocycles. The minimum atomic E-state index is 0.358. The average molecular weight is 300 g/mol. The summed E-state index contributed by atoms with van der Waals surface area (Å²) in [5.41, 5.74) is 0. The Morgan fingerprint density at radius 1 is 1.29 bits per heavy atom. The third kappa shape index (κ3) is 2.94. The van der Waals surface area contributed by atoms with Gasteiger partial charge in [0, 0.05) is 0 Å². The van der Waals surface area contributed by atoms with E-state index in [0.29, 0.717) is 12.0 Å². The molecule has 0 aromatic carbocycles. The van der Waals surface area contributed by atoms with Crippen LogP contribution < -0.4 is 5.32 Å². The van der Waals surface area contributed by atoms with Gasteiger partial charge in [0.25, 0.3) is 0 Å². The van der Waals surface area contributed by atoms with Crippen LogP contribution in [0.2, 0.25) is 0 Å². The van der Waals surface area contributed by atoms with Crippen molar-refractivity contribution in [2.75, 3.05) is 7.05 Å². The molecule has 0 radical (unpaired) electrons. The second kappa shape index (κ2) is 5.57. The second-order valence-corrected chi connectivity index (χ2v) is 6.22. The first kappa shape index (κ1) is 13.2. The maximum atomic E-state index is 5.71. The highest BCUT2D eigenvalue weighted by molar-refractivity contribution is 9.10. The third-order valence-corrected chi connectivity index (χ3v) is 4.75. The Hall–Kier alpha value is -0.280. The highest BCUT2D eigenvalue weighted by Crippen LogP contribution is 2.40. The Morgan fingerprint density at radius 3 is 2.59 bits per heavy atom. The van der Waals surface area contributed by atoms with Crippen LogP contribution in [0, 0.1) is 17.8 Å². The van der Waals surface area contributed by atoms with Crippen LogP contribution in [0.1, 0.15) is 44.9 Å². The molecular weight excluding hydrogens is 278 g/mol. The summed E-state index contributed by atoms with van der Waals surface area (Å²) in [4.78, 5) is 0. The molecular formula is C14H22BrNO. The van der Waals surface area contributed by atoms with E-state index in [-0.39, 0.29) is 0 Å². The summed E-state index contributed by atoms with van der Waals surface area (Å²) in [5, 5.41) is 3.42. The van der Waals surface area contributed by atoms with Crippen molar-refractivity contribution >= 4 is 15.9 Å². The molecule has 1 aliphatic rings. The average Bonchev–Trinajstić information content (AvgIpc) is 2.71. The lowest BCUT2D eigenvalue weighted by atomic mass is 9.73. The van der Waals surface area contributed by atoms with Gasteiger partial charge < -0.3 is 9.73 Å². The summed E-state index contributed by atoms with van der Waals surface area (Å²) >= 11 is 3.38. The van der Waals surface area contributed by atoms with Gasteiger partial charge in [-0.15, -0.1) is 0 Å². The van der Waals surface area contributed by atoms with Crippen LogP contribution in [0.4, 0.5) is 0 Å². The molecule has 0 saturated heterocycles. The molecule has 96 valence electrons. The van der Waals surface area contributed by atoms with E-state index in [9.17, 15) is 0 Å². The summed E-state index contributed by atoms with van der Waals surface area (Å²) in [6.45, 7) is 4.75. The molecule has 0 amide bonds. The Balaban J connectivity index is 2.08. The molecule has 0 bridgehead atoms. The largest absolute Gasteiger partial charge is 0.453 e. The normalized spacial score (nSPS) is 31.4. The van der Waals surface area contributed by atoms with E-state index in [1.807, 2.05) is 13.1 Å². The van der Waals surface area contributed by atoms with Crippen molar-refractivity contribution in [3.63, 3.8) is 0 Å². The Labute approximate surface area is 112 Å². The summed E-state index contributed by atoms with van der Waals surface area (Å²) < 4.78 is 6.53. The van der Waals surface area contributed by atoms with Crippen LogP contribution in [-0.4, -0.2) is 7.05 Å². The molecule has 0 spiro atoms. The fourth-order valence-corrected chi connectivity index (χ4v) is 3.32. The molecule has 1 saturated carbocycles. The first-order valence-corrected chi connectivity index (χ1v) is 7.33. The van der Waals surface area contributed by atoms with Gasteiger partial charge in [0.1, 0.15) is 5.76 Å². The molecule has 1 heterocycles. The zero-order valence-corrected chi connectivity index (χ0v) is 12.5. The maximum Gasteiger partial charge on any atom is 0.169 e.